The summed E-state index contributed by atoms with van der Waals surface area (Å²) in [7, 11) is 0. The molecular formula is C19H24N2O3S2. The predicted octanol–water partition coefficient (Wildman–Crippen LogP) is 3.60. The van der Waals surface area contributed by atoms with E-state index in [4.69, 9.17) is 4.74 Å². The summed E-state index contributed by atoms with van der Waals surface area (Å²) < 4.78 is 7.31. The normalized spacial score (nSPS) is 29.3. The zero-order valence-electron chi connectivity index (χ0n) is 15.3. The first-order chi connectivity index (χ1) is 12.4. The van der Waals surface area contributed by atoms with Crippen LogP contribution in [-0.4, -0.2) is 27.2 Å². The Hall–Kier alpha value is -1.34. The van der Waals surface area contributed by atoms with Crippen molar-refractivity contribution in [2.24, 2.45) is 23.2 Å². The van der Waals surface area contributed by atoms with Crippen molar-refractivity contribution in [2.75, 3.05) is 5.75 Å². The number of fused-ring (bicyclic) bond motifs is 3. The molecule has 0 N–H and O–H groups in total. The highest BCUT2D eigenvalue weighted by Crippen LogP contribution is 2.61. The number of carbonyl (C=O) groups excluding carboxylic acids is 1. The van der Waals surface area contributed by atoms with E-state index in [1.807, 2.05) is 5.38 Å². The van der Waals surface area contributed by atoms with Crippen LogP contribution >= 0.6 is 23.1 Å². The van der Waals surface area contributed by atoms with Gasteiger partial charge in [-0.1, -0.05) is 20.8 Å². The van der Waals surface area contributed by atoms with Crippen molar-refractivity contribution in [1.82, 2.24) is 9.38 Å². The molecule has 3 saturated carbocycles. The van der Waals surface area contributed by atoms with E-state index in [1.165, 1.54) is 40.0 Å². The third-order valence-corrected chi connectivity index (χ3v) is 8.09. The van der Waals surface area contributed by atoms with Gasteiger partial charge in [0.25, 0.3) is 5.56 Å². The van der Waals surface area contributed by atoms with Gasteiger partial charge in [-0.05, 0) is 36.0 Å². The standard InChI is InChI=1S/C19H24N2O3S2/c1-11-14-6-12(19(14,2)3)7-15(11)24-17(23)10-25-9-13-8-16(22)21-4-5-26-18(21)20-13/h4-5,8,11-12,14-15H,6-7,9-10H2,1-3H3/t11-,12-,14-,15+/m1/s1. The molecule has 3 aliphatic rings. The van der Waals surface area contributed by atoms with Crippen LogP contribution in [0, 0.1) is 23.2 Å². The maximum absolute atomic E-state index is 12.2. The number of thiazole rings is 1. The number of hydrogen-bond donors (Lipinski definition) is 0. The van der Waals surface area contributed by atoms with Gasteiger partial charge in [0.1, 0.15) is 6.10 Å². The second-order valence-corrected chi connectivity index (χ2v) is 9.98. The summed E-state index contributed by atoms with van der Waals surface area (Å²) in [4.78, 5) is 29.4. The van der Waals surface area contributed by atoms with E-state index in [2.05, 4.69) is 25.8 Å². The van der Waals surface area contributed by atoms with Crippen LogP contribution in [-0.2, 0) is 15.3 Å². The van der Waals surface area contributed by atoms with E-state index in [0.29, 0.717) is 45.3 Å². The SMILES string of the molecule is C[C@H]1[C@@H](OC(=O)CSCc2cc(=O)n3ccsc3n2)C[C@H]2C[C@H]1C2(C)C. The summed E-state index contributed by atoms with van der Waals surface area (Å²) >= 11 is 2.89. The monoisotopic (exact) mass is 392 g/mol. The number of esters is 1. The largest absolute Gasteiger partial charge is 0.461 e. The fraction of sp³-hybridized carbons (Fsp3) is 0.632. The number of nitrogens with zero attached hydrogens (tertiary/aromatic N) is 2. The van der Waals surface area contributed by atoms with Crippen LogP contribution in [0.1, 0.15) is 39.3 Å². The topological polar surface area (TPSA) is 60.7 Å². The average Bonchev–Trinajstić information content (AvgIpc) is 3.05. The Balaban J connectivity index is 1.28. The molecule has 7 heteroatoms. The molecule has 140 valence electrons. The number of thioether (sulfide) groups is 1. The van der Waals surface area contributed by atoms with Crippen LogP contribution in [0.25, 0.3) is 4.96 Å². The minimum atomic E-state index is -0.153. The van der Waals surface area contributed by atoms with Gasteiger partial charge in [0.2, 0.25) is 0 Å². The first-order valence-corrected chi connectivity index (χ1v) is 11.1. The highest BCUT2D eigenvalue weighted by Gasteiger charge is 2.57. The number of aromatic nitrogens is 2. The second kappa shape index (κ2) is 6.68. The summed E-state index contributed by atoms with van der Waals surface area (Å²) in [5.41, 5.74) is 1.04. The maximum atomic E-state index is 12.2. The van der Waals surface area contributed by atoms with Gasteiger partial charge in [0.15, 0.2) is 4.96 Å². The molecule has 2 aromatic rings. The summed E-state index contributed by atoms with van der Waals surface area (Å²) in [6, 6.07) is 1.54. The van der Waals surface area contributed by atoms with Crippen LogP contribution in [0.2, 0.25) is 0 Å². The predicted molar refractivity (Wildman–Crippen MR) is 105 cm³/mol. The fourth-order valence-electron chi connectivity index (χ4n) is 4.66. The third kappa shape index (κ3) is 3.09. The zero-order valence-corrected chi connectivity index (χ0v) is 16.9. The van der Waals surface area contributed by atoms with Crippen molar-refractivity contribution >= 4 is 34.0 Å². The van der Waals surface area contributed by atoms with E-state index in [9.17, 15) is 9.59 Å². The Bertz CT molecular complexity index is 888. The number of hydrogen-bond acceptors (Lipinski definition) is 6. The number of ether oxygens (including phenoxy) is 1. The van der Waals surface area contributed by atoms with Gasteiger partial charge in [-0.15, -0.1) is 23.1 Å². The Morgan fingerprint density at radius 2 is 2.27 bits per heavy atom. The van der Waals surface area contributed by atoms with Crippen LogP contribution in [0.3, 0.4) is 0 Å². The molecule has 5 nitrogen and oxygen atoms in total. The molecule has 0 aromatic carbocycles. The van der Waals surface area contributed by atoms with E-state index >= 15 is 0 Å². The molecule has 0 radical (unpaired) electrons. The summed E-state index contributed by atoms with van der Waals surface area (Å²) in [6.45, 7) is 6.91. The first kappa shape index (κ1) is 18.0. The lowest BCUT2D eigenvalue weighted by molar-refractivity contribution is -0.183. The zero-order chi connectivity index (χ0) is 18.5. The Kier molecular flexibility index (Phi) is 4.63. The number of carbonyl (C=O) groups is 1. The van der Waals surface area contributed by atoms with Gasteiger partial charge < -0.3 is 4.74 Å². The highest BCUT2D eigenvalue weighted by atomic mass is 32.2. The van der Waals surface area contributed by atoms with Crippen molar-refractivity contribution < 1.29 is 9.53 Å². The molecule has 26 heavy (non-hydrogen) atoms. The van der Waals surface area contributed by atoms with Crippen molar-refractivity contribution in [3.05, 3.63) is 33.7 Å². The number of rotatable bonds is 5. The molecule has 4 atom stereocenters. The van der Waals surface area contributed by atoms with E-state index < -0.39 is 0 Å². The van der Waals surface area contributed by atoms with Crippen molar-refractivity contribution in [3.8, 4) is 0 Å². The van der Waals surface area contributed by atoms with E-state index in [1.54, 1.807) is 6.20 Å². The van der Waals surface area contributed by atoms with E-state index in [0.717, 1.165) is 6.42 Å². The van der Waals surface area contributed by atoms with Crippen molar-refractivity contribution in [2.45, 2.75) is 45.5 Å². The first-order valence-electron chi connectivity index (χ1n) is 9.09. The smallest absolute Gasteiger partial charge is 0.316 e. The lowest BCUT2D eigenvalue weighted by Gasteiger charge is -2.61. The molecule has 3 fully saturated rings. The maximum Gasteiger partial charge on any atom is 0.316 e. The lowest BCUT2D eigenvalue weighted by Crippen LogP contribution is -2.57. The second-order valence-electron chi connectivity index (χ2n) is 8.12. The van der Waals surface area contributed by atoms with Crippen molar-refractivity contribution in [1.29, 1.82) is 0 Å². The van der Waals surface area contributed by atoms with Crippen LogP contribution in [0.5, 0.6) is 0 Å². The molecule has 0 unspecified atom stereocenters. The van der Waals surface area contributed by atoms with Crippen LogP contribution in [0.15, 0.2) is 22.4 Å². The summed E-state index contributed by atoms with van der Waals surface area (Å²) in [5, 5.41) is 1.84. The van der Waals surface area contributed by atoms with Crippen LogP contribution < -0.4 is 5.56 Å². The molecule has 0 spiro atoms. The van der Waals surface area contributed by atoms with Crippen LogP contribution in [0.4, 0.5) is 0 Å². The Morgan fingerprint density at radius 3 is 3.00 bits per heavy atom. The Labute approximate surface area is 161 Å². The van der Waals surface area contributed by atoms with Gasteiger partial charge >= 0.3 is 5.97 Å². The molecule has 2 bridgehead atoms. The molecule has 5 rings (SSSR count). The average molecular weight is 393 g/mol. The summed E-state index contributed by atoms with van der Waals surface area (Å²) in [6.07, 6.45) is 4.06. The summed E-state index contributed by atoms with van der Waals surface area (Å²) in [5.74, 6) is 2.47. The quantitative estimate of drug-likeness (QED) is 0.728. The van der Waals surface area contributed by atoms with Gasteiger partial charge in [0.05, 0.1) is 11.4 Å². The Morgan fingerprint density at radius 1 is 1.46 bits per heavy atom. The molecule has 0 amide bonds. The fourth-order valence-corrected chi connectivity index (χ4v) is 6.09. The van der Waals surface area contributed by atoms with Gasteiger partial charge in [-0.3, -0.25) is 14.0 Å². The van der Waals surface area contributed by atoms with Crippen molar-refractivity contribution in [3.63, 3.8) is 0 Å². The minimum absolute atomic E-state index is 0.0603. The molecule has 3 aliphatic carbocycles. The minimum Gasteiger partial charge on any atom is -0.461 e. The third-order valence-electron chi connectivity index (χ3n) is 6.39. The molecule has 0 saturated heterocycles. The van der Waals surface area contributed by atoms with E-state index in [-0.39, 0.29) is 17.6 Å². The van der Waals surface area contributed by atoms with Gasteiger partial charge in [-0.25, -0.2) is 4.98 Å². The molecule has 2 heterocycles. The van der Waals surface area contributed by atoms with Gasteiger partial charge in [0, 0.05) is 23.4 Å². The molecule has 2 aromatic heterocycles. The molecule has 0 aliphatic heterocycles. The van der Waals surface area contributed by atoms with Gasteiger partial charge in [-0.2, -0.15) is 0 Å². The highest BCUT2D eigenvalue weighted by molar-refractivity contribution is 7.99. The lowest BCUT2D eigenvalue weighted by atomic mass is 9.45. The molecular weight excluding hydrogens is 368 g/mol.